The first-order chi connectivity index (χ1) is 13.2. The van der Waals surface area contributed by atoms with E-state index in [2.05, 4.69) is 48.0 Å². The molecule has 3 nitrogen and oxygen atoms in total. The Morgan fingerprint density at radius 2 is 1.56 bits per heavy atom. The van der Waals surface area contributed by atoms with Crippen molar-refractivity contribution in [3.8, 4) is 0 Å². The summed E-state index contributed by atoms with van der Waals surface area (Å²) < 4.78 is 5.49. The molecule has 0 aliphatic rings. The number of aliphatic imine (C=N–C) groups is 1. The second kappa shape index (κ2) is 12.5. The van der Waals surface area contributed by atoms with Crippen molar-refractivity contribution in [2.75, 3.05) is 19.6 Å². The van der Waals surface area contributed by atoms with Gasteiger partial charge in [0.05, 0.1) is 12.8 Å². The van der Waals surface area contributed by atoms with Crippen LogP contribution in [0.3, 0.4) is 0 Å². The Balaban J connectivity index is 1.64. The molecule has 1 heterocycles. The standard InChI is InChI=1S/C24H36N2O/c1-4-16-26(17-5-2)18-8-6-7-9-22-11-13-23(14-12-22)19-25-20-24-15-10-21(3)27-24/h10-15,20H,4-9,16-19H2,1-3H3. The zero-order chi connectivity index (χ0) is 19.3. The summed E-state index contributed by atoms with van der Waals surface area (Å²) in [6, 6.07) is 12.8. The van der Waals surface area contributed by atoms with Crippen molar-refractivity contribution in [2.24, 2.45) is 4.99 Å². The van der Waals surface area contributed by atoms with E-state index in [1.165, 1.54) is 69.3 Å². The number of benzene rings is 1. The van der Waals surface area contributed by atoms with Crippen LogP contribution < -0.4 is 0 Å². The first kappa shape index (κ1) is 21.4. The van der Waals surface area contributed by atoms with Gasteiger partial charge in [0.25, 0.3) is 0 Å². The molecule has 0 bridgehead atoms. The molecule has 0 unspecified atom stereocenters. The van der Waals surface area contributed by atoms with E-state index in [-0.39, 0.29) is 0 Å². The van der Waals surface area contributed by atoms with Crippen LogP contribution in [0.25, 0.3) is 0 Å². The second-order valence-corrected chi connectivity index (χ2v) is 7.39. The number of rotatable bonds is 13. The van der Waals surface area contributed by atoms with Gasteiger partial charge >= 0.3 is 0 Å². The average Bonchev–Trinajstić information content (AvgIpc) is 3.08. The smallest absolute Gasteiger partial charge is 0.144 e. The first-order valence-corrected chi connectivity index (χ1v) is 10.6. The number of unbranched alkanes of at least 4 members (excludes halogenated alkanes) is 2. The molecular weight excluding hydrogens is 332 g/mol. The minimum Gasteiger partial charge on any atom is -0.460 e. The molecule has 0 N–H and O–H groups in total. The van der Waals surface area contributed by atoms with Crippen molar-refractivity contribution < 1.29 is 4.42 Å². The summed E-state index contributed by atoms with van der Waals surface area (Å²) >= 11 is 0. The summed E-state index contributed by atoms with van der Waals surface area (Å²) in [5, 5.41) is 0. The maximum atomic E-state index is 5.49. The minimum absolute atomic E-state index is 0.699. The molecule has 0 aliphatic carbocycles. The third-order valence-corrected chi connectivity index (χ3v) is 4.80. The number of aryl methyl sites for hydroxylation is 2. The summed E-state index contributed by atoms with van der Waals surface area (Å²) in [6.07, 6.45) is 9.42. The summed E-state index contributed by atoms with van der Waals surface area (Å²) in [7, 11) is 0. The highest BCUT2D eigenvalue weighted by molar-refractivity contribution is 5.75. The quantitative estimate of drug-likeness (QED) is 0.318. The van der Waals surface area contributed by atoms with Crippen molar-refractivity contribution in [3.63, 3.8) is 0 Å². The molecule has 0 amide bonds. The minimum atomic E-state index is 0.699. The fraction of sp³-hybridized carbons (Fsp3) is 0.542. The fourth-order valence-corrected chi connectivity index (χ4v) is 3.38. The zero-order valence-corrected chi connectivity index (χ0v) is 17.4. The van der Waals surface area contributed by atoms with E-state index in [4.69, 9.17) is 4.42 Å². The maximum absolute atomic E-state index is 5.49. The molecule has 0 fully saturated rings. The Morgan fingerprint density at radius 1 is 0.852 bits per heavy atom. The van der Waals surface area contributed by atoms with Gasteiger partial charge in [-0.3, -0.25) is 4.99 Å². The monoisotopic (exact) mass is 368 g/mol. The lowest BCUT2D eigenvalue weighted by Crippen LogP contribution is -2.26. The molecule has 2 aromatic rings. The molecule has 1 aromatic heterocycles. The lowest BCUT2D eigenvalue weighted by molar-refractivity contribution is 0.268. The van der Waals surface area contributed by atoms with E-state index in [0.717, 1.165) is 11.5 Å². The Hall–Kier alpha value is -1.87. The highest BCUT2D eigenvalue weighted by Gasteiger charge is 2.02. The van der Waals surface area contributed by atoms with Gasteiger partial charge in [0, 0.05) is 0 Å². The largest absolute Gasteiger partial charge is 0.460 e. The average molecular weight is 369 g/mol. The van der Waals surface area contributed by atoms with Gasteiger partial charge in [0.15, 0.2) is 0 Å². The molecule has 0 saturated carbocycles. The van der Waals surface area contributed by atoms with Crippen LogP contribution in [0.2, 0.25) is 0 Å². The van der Waals surface area contributed by atoms with Crippen LogP contribution in [0.15, 0.2) is 45.8 Å². The van der Waals surface area contributed by atoms with Crippen molar-refractivity contribution in [1.29, 1.82) is 0 Å². The van der Waals surface area contributed by atoms with E-state index in [1.54, 1.807) is 6.21 Å². The van der Waals surface area contributed by atoms with Gasteiger partial charge in [-0.25, -0.2) is 0 Å². The second-order valence-electron chi connectivity index (χ2n) is 7.39. The number of hydrogen-bond acceptors (Lipinski definition) is 3. The fourth-order valence-electron chi connectivity index (χ4n) is 3.38. The third kappa shape index (κ3) is 8.57. The van der Waals surface area contributed by atoms with Gasteiger partial charge in [0.1, 0.15) is 11.5 Å². The van der Waals surface area contributed by atoms with Crippen molar-refractivity contribution in [1.82, 2.24) is 4.90 Å². The Morgan fingerprint density at radius 3 is 2.19 bits per heavy atom. The summed E-state index contributed by atoms with van der Waals surface area (Å²) in [6.45, 7) is 10.9. The Labute approximate surface area is 165 Å². The van der Waals surface area contributed by atoms with E-state index in [9.17, 15) is 0 Å². The molecule has 0 spiro atoms. The highest BCUT2D eigenvalue weighted by atomic mass is 16.3. The van der Waals surface area contributed by atoms with Gasteiger partial charge in [-0.2, -0.15) is 0 Å². The molecule has 27 heavy (non-hydrogen) atoms. The SMILES string of the molecule is CCCN(CCC)CCCCCc1ccc(CN=Cc2ccc(C)o2)cc1. The van der Waals surface area contributed by atoms with Crippen LogP contribution in [0.4, 0.5) is 0 Å². The van der Waals surface area contributed by atoms with Crippen LogP contribution in [-0.2, 0) is 13.0 Å². The first-order valence-electron chi connectivity index (χ1n) is 10.6. The van der Waals surface area contributed by atoms with Gasteiger partial charge < -0.3 is 9.32 Å². The van der Waals surface area contributed by atoms with E-state index in [0.29, 0.717) is 6.54 Å². The molecule has 148 valence electrons. The molecule has 0 saturated heterocycles. The topological polar surface area (TPSA) is 28.7 Å². The van der Waals surface area contributed by atoms with Crippen LogP contribution in [0.5, 0.6) is 0 Å². The Kier molecular flexibility index (Phi) is 9.93. The van der Waals surface area contributed by atoms with Crippen molar-refractivity contribution in [3.05, 3.63) is 59.0 Å². The molecule has 0 atom stereocenters. The number of furan rings is 1. The third-order valence-electron chi connectivity index (χ3n) is 4.80. The van der Waals surface area contributed by atoms with E-state index in [1.807, 2.05) is 19.1 Å². The lowest BCUT2D eigenvalue weighted by atomic mass is 10.0. The summed E-state index contributed by atoms with van der Waals surface area (Å²) in [5.41, 5.74) is 2.68. The van der Waals surface area contributed by atoms with Crippen LogP contribution in [0.1, 0.15) is 68.6 Å². The van der Waals surface area contributed by atoms with Crippen LogP contribution >= 0.6 is 0 Å². The van der Waals surface area contributed by atoms with Crippen LogP contribution in [0, 0.1) is 6.92 Å². The molecule has 1 aromatic carbocycles. The predicted octanol–water partition coefficient (Wildman–Crippen LogP) is 6.04. The summed E-state index contributed by atoms with van der Waals surface area (Å²) in [5.74, 6) is 1.74. The lowest BCUT2D eigenvalue weighted by Gasteiger charge is -2.20. The van der Waals surface area contributed by atoms with E-state index >= 15 is 0 Å². The highest BCUT2D eigenvalue weighted by Crippen LogP contribution is 2.11. The molecule has 3 heteroatoms. The number of hydrogen-bond donors (Lipinski definition) is 0. The van der Waals surface area contributed by atoms with Crippen molar-refractivity contribution in [2.45, 2.75) is 65.8 Å². The molecule has 0 radical (unpaired) electrons. The molecular formula is C24H36N2O. The molecule has 2 rings (SSSR count). The van der Waals surface area contributed by atoms with Gasteiger partial charge in [-0.15, -0.1) is 0 Å². The molecule has 0 aliphatic heterocycles. The summed E-state index contributed by atoms with van der Waals surface area (Å²) in [4.78, 5) is 7.08. The van der Waals surface area contributed by atoms with Gasteiger partial charge in [-0.05, 0) is 81.9 Å². The van der Waals surface area contributed by atoms with E-state index < -0.39 is 0 Å². The predicted molar refractivity (Wildman–Crippen MR) is 116 cm³/mol. The van der Waals surface area contributed by atoms with Gasteiger partial charge in [0.2, 0.25) is 0 Å². The maximum Gasteiger partial charge on any atom is 0.144 e. The van der Waals surface area contributed by atoms with Crippen molar-refractivity contribution >= 4 is 6.21 Å². The normalized spacial score (nSPS) is 11.7. The number of nitrogens with zero attached hydrogens (tertiary/aromatic N) is 2. The Bertz CT molecular complexity index is 651. The van der Waals surface area contributed by atoms with Gasteiger partial charge in [-0.1, -0.05) is 44.5 Å². The zero-order valence-electron chi connectivity index (χ0n) is 17.4. The van der Waals surface area contributed by atoms with Crippen LogP contribution in [-0.4, -0.2) is 30.7 Å².